The number of hydrogen-bond donors (Lipinski definition) is 1. The highest BCUT2D eigenvalue weighted by Gasteiger charge is 2.33. The monoisotopic (exact) mass is 296 g/mol. The summed E-state index contributed by atoms with van der Waals surface area (Å²) in [7, 11) is 0. The minimum Gasteiger partial charge on any atom is -0.390 e. The zero-order valence-electron chi connectivity index (χ0n) is 10.5. The van der Waals surface area contributed by atoms with Gasteiger partial charge in [-0.15, -0.1) is 0 Å². The maximum absolute atomic E-state index is 10.7. The first-order valence-electron chi connectivity index (χ1n) is 6.55. The van der Waals surface area contributed by atoms with Crippen molar-refractivity contribution in [3.63, 3.8) is 0 Å². The fraction of sp³-hybridized carbons (Fsp3) is 0.600. The molecule has 17 heavy (non-hydrogen) atoms. The fourth-order valence-electron chi connectivity index (χ4n) is 2.90. The second-order valence-electron chi connectivity index (χ2n) is 5.46. The minimum absolute atomic E-state index is 0.461. The highest BCUT2D eigenvalue weighted by Crippen LogP contribution is 2.35. The molecule has 0 saturated heterocycles. The maximum atomic E-state index is 10.7. The Kier molecular flexibility index (Phi) is 4.26. The molecule has 1 nitrogen and oxygen atoms in total. The van der Waals surface area contributed by atoms with Gasteiger partial charge >= 0.3 is 0 Å². The lowest BCUT2D eigenvalue weighted by atomic mass is 9.75. The molecule has 2 rings (SSSR count). The van der Waals surface area contributed by atoms with Crippen molar-refractivity contribution in [2.45, 2.75) is 51.0 Å². The van der Waals surface area contributed by atoms with E-state index in [-0.39, 0.29) is 0 Å². The topological polar surface area (TPSA) is 20.2 Å². The van der Waals surface area contributed by atoms with E-state index < -0.39 is 5.60 Å². The van der Waals surface area contributed by atoms with Crippen LogP contribution in [0.5, 0.6) is 0 Å². The van der Waals surface area contributed by atoms with Crippen LogP contribution in [0, 0.1) is 5.92 Å². The van der Waals surface area contributed by atoms with Gasteiger partial charge in [0.25, 0.3) is 0 Å². The molecule has 1 aliphatic rings. The molecular formula is C15H21BrO. The number of benzene rings is 1. The van der Waals surface area contributed by atoms with Crippen molar-refractivity contribution in [2.75, 3.05) is 0 Å². The average molecular weight is 297 g/mol. The normalized spacial score (nSPS) is 21.1. The van der Waals surface area contributed by atoms with Gasteiger partial charge in [-0.1, -0.05) is 53.4 Å². The van der Waals surface area contributed by atoms with Crippen molar-refractivity contribution in [1.29, 1.82) is 0 Å². The molecule has 0 aromatic heterocycles. The van der Waals surface area contributed by atoms with E-state index in [1.54, 1.807) is 0 Å². The summed E-state index contributed by atoms with van der Waals surface area (Å²) >= 11 is 3.56. The predicted octanol–water partition coefficient (Wildman–Crippen LogP) is 4.32. The van der Waals surface area contributed by atoms with E-state index in [4.69, 9.17) is 0 Å². The summed E-state index contributed by atoms with van der Waals surface area (Å²) < 4.78 is 1.11. The van der Waals surface area contributed by atoms with E-state index in [1.165, 1.54) is 37.7 Å². The fourth-order valence-corrected chi connectivity index (χ4v) is 3.32. The van der Waals surface area contributed by atoms with E-state index in [0.717, 1.165) is 10.9 Å². The van der Waals surface area contributed by atoms with E-state index in [9.17, 15) is 5.11 Å². The van der Waals surface area contributed by atoms with Gasteiger partial charge in [-0.2, -0.15) is 0 Å². The first kappa shape index (κ1) is 13.1. The van der Waals surface area contributed by atoms with Gasteiger partial charge in [-0.25, -0.2) is 0 Å². The Balaban J connectivity index is 2.08. The second kappa shape index (κ2) is 5.53. The number of halogens is 1. The van der Waals surface area contributed by atoms with Crippen LogP contribution in [-0.2, 0) is 6.42 Å². The Morgan fingerprint density at radius 3 is 2.53 bits per heavy atom. The van der Waals surface area contributed by atoms with Crippen molar-refractivity contribution in [2.24, 2.45) is 5.92 Å². The molecule has 0 amide bonds. The molecule has 1 fully saturated rings. The Labute approximate surface area is 112 Å². The molecule has 1 aliphatic carbocycles. The molecule has 0 aliphatic heterocycles. The first-order valence-corrected chi connectivity index (χ1v) is 7.35. The Bertz CT molecular complexity index is 367. The molecule has 2 heteroatoms. The molecule has 1 atom stereocenters. The first-order chi connectivity index (χ1) is 8.09. The standard InChI is InChI=1S/C15H21BrO/c1-15(17,13-8-3-2-4-9-13)11-12-7-5-6-10-14(12)16/h5-7,10,13,17H,2-4,8-9,11H2,1H3. The summed E-state index contributed by atoms with van der Waals surface area (Å²) in [4.78, 5) is 0. The lowest BCUT2D eigenvalue weighted by Gasteiger charge is -2.36. The molecule has 1 unspecified atom stereocenters. The SMILES string of the molecule is CC(O)(Cc1ccccc1Br)C1CCCCC1. The maximum Gasteiger partial charge on any atom is 0.0688 e. The van der Waals surface area contributed by atoms with Gasteiger partial charge in [0.2, 0.25) is 0 Å². The molecule has 94 valence electrons. The third-order valence-electron chi connectivity index (χ3n) is 3.99. The Hall–Kier alpha value is -0.340. The van der Waals surface area contributed by atoms with Gasteiger partial charge in [-0.3, -0.25) is 0 Å². The van der Waals surface area contributed by atoms with Crippen LogP contribution in [-0.4, -0.2) is 10.7 Å². The van der Waals surface area contributed by atoms with Crippen LogP contribution in [0.4, 0.5) is 0 Å². The van der Waals surface area contributed by atoms with Gasteiger partial charge in [0.15, 0.2) is 0 Å². The zero-order valence-corrected chi connectivity index (χ0v) is 12.0. The summed E-state index contributed by atoms with van der Waals surface area (Å²) in [5.41, 5.74) is 0.646. The number of hydrogen-bond acceptors (Lipinski definition) is 1. The van der Waals surface area contributed by atoms with Crippen molar-refractivity contribution in [1.82, 2.24) is 0 Å². The van der Waals surface area contributed by atoms with E-state index in [0.29, 0.717) is 5.92 Å². The van der Waals surface area contributed by atoms with Crippen LogP contribution in [0.15, 0.2) is 28.7 Å². The van der Waals surface area contributed by atoms with Crippen LogP contribution >= 0.6 is 15.9 Å². The van der Waals surface area contributed by atoms with Gasteiger partial charge in [-0.05, 0) is 37.3 Å². The summed E-state index contributed by atoms with van der Waals surface area (Å²) in [6.45, 7) is 2.00. The lowest BCUT2D eigenvalue weighted by molar-refractivity contribution is -0.0160. The van der Waals surface area contributed by atoms with Crippen LogP contribution in [0.25, 0.3) is 0 Å². The second-order valence-corrected chi connectivity index (χ2v) is 6.31. The van der Waals surface area contributed by atoms with Gasteiger partial charge in [0.1, 0.15) is 0 Å². The molecular weight excluding hydrogens is 276 g/mol. The van der Waals surface area contributed by atoms with Gasteiger partial charge in [0, 0.05) is 10.9 Å². The molecule has 0 heterocycles. The molecule has 0 radical (unpaired) electrons. The average Bonchev–Trinajstić information content (AvgIpc) is 2.33. The molecule has 0 spiro atoms. The zero-order chi connectivity index (χ0) is 12.3. The van der Waals surface area contributed by atoms with E-state index in [2.05, 4.69) is 22.0 Å². The largest absolute Gasteiger partial charge is 0.390 e. The minimum atomic E-state index is -0.565. The molecule has 1 N–H and O–H groups in total. The summed E-state index contributed by atoms with van der Waals surface area (Å²) in [5, 5.41) is 10.7. The third kappa shape index (κ3) is 3.32. The van der Waals surface area contributed by atoms with Crippen LogP contribution in [0.1, 0.15) is 44.6 Å². The lowest BCUT2D eigenvalue weighted by Crippen LogP contribution is -2.38. The summed E-state index contributed by atoms with van der Waals surface area (Å²) in [5.74, 6) is 0.461. The highest BCUT2D eigenvalue weighted by atomic mass is 79.9. The van der Waals surface area contributed by atoms with Crippen molar-refractivity contribution in [3.8, 4) is 0 Å². The summed E-state index contributed by atoms with van der Waals surface area (Å²) in [6, 6.07) is 8.20. The molecule has 1 aromatic carbocycles. The third-order valence-corrected chi connectivity index (χ3v) is 4.76. The molecule has 0 bridgehead atoms. The quantitative estimate of drug-likeness (QED) is 0.880. The highest BCUT2D eigenvalue weighted by molar-refractivity contribution is 9.10. The number of aliphatic hydroxyl groups is 1. The van der Waals surface area contributed by atoms with E-state index >= 15 is 0 Å². The van der Waals surface area contributed by atoms with Crippen LogP contribution in [0.3, 0.4) is 0 Å². The molecule has 1 saturated carbocycles. The number of rotatable bonds is 3. The van der Waals surface area contributed by atoms with E-state index in [1.807, 2.05) is 25.1 Å². The summed E-state index contributed by atoms with van der Waals surface area (Å²) in [6.07, 6.45) is 6.99. The smallest absolute Gasteiger partial charge is 0.0688 e. The predicted molar refractivity (Wildman–Crippen MR) is 75.0 cm³/mol. The Morgan fingerprint density at radius 2 is 1.88 bits per heavy atom. The van der Waals surface area contributed by atoms with Crippen LogP contribution < -0.4 is 0 Å². The van der Waals surface area contributed by atoms with Gasteiger partial charge < -0.3 is 5.11 Å². The molecule has 1 aromatic rings. The van der Waals surface area contributed by atoms with Crippen LogP contribution in [0.2, 0.25) is 0 Å². The van der Waals surface area contributed by atoms with Crippen molar-refractivity contribution in [3.05, 3.63) is 34.3 Å². The van der Waals surface area contributed by atoms with Crippen molar-refractivity contribution >= 4 is 15.9 Å². The van der Waals surface area contributed by atoms with Crippen molar-refractivity contribution < 1.29 is 5.11 Å². The Morgan fingerprint density at radius 1 is 1.24 bits per heavy atom. The van der Waals surface area contributed by atoms with Gasteiger partial charge in [0.05, 0.1) is 5.60 Å².